The predicted molar refractivity (Wildman–Crippen MR) is 149 cm³/mol. The van der Waals surface area contributed by atoms with Crippen molar-refractivity contribution in [3.05, 3.63) is 107 Å². The Morgan fingerprint density at radius 2 is 1.62 bits per heavy atom. The highest BCUT2D eigenvalue weighted by molar-refractivity contribution is 7.90. The van der Waals surface area contributed by atoms with Gasteiger partial charge in [-0.2, -0.15) is 5.10 Å². The molecule has 0 bridgehead atoms. The lowest BCUT2D eigenvalue weighted by Gasteiger charge is -2.13. The van der Waals surface area contributed by atoms with Crippen LogP contribution in [-0.2, 0) is 27.7 Å². The van der Waals surface area contributed by atoms with Crippen LogP contribution in [0.3, 0.4) is 0 Å². The van der Waals surface area contributed by atoms with E-state index in [0.717, 1.165) is 24.1 Å². The molecule has 0 unspecified atom stereocenters. The van der Waals surface area contributed by atoms with Gasteiger partial charge in [0.25, 0.3) is 15.9 Å². The van der Waals surface area contributed by atoms with Gasteiger partial charge in [-0.05, 0) is 42.7 Å². The number of ether oxygens (including phenoxy) is 1. The molecule has 4 aromatic rings. The van der Waals surface area contributed by atoms with Crippen LogP contribution in [0.1, 0.15) is 57.4 Å². The highest BCUT2D eigenvalue weighted by atomic mass is 32.2. The van der Waals surface area contributed by atoms with E-state index in [1.807, 2.05) is 28.9 Å². The molecule has 0 radical (unpaired) electrons. The normalized spacial score (nSPS) is 11.3. The number of hydrogen-bond acceptors (Lipinski definition) is 6. The highest BCUT2D eigenvalue weighted by Gasteiger charge is 2.24. The van der Waals surface area contributed by atoms with Gasteiger partial charge in [0.1, 0.15) is 5.56 Å². The first-order chi connectivity index (χ1) is 18.7. The van der Waals surface area contributed by atoms with Gasteiger partial charge in [-0.25, -0.2) is 17.9 Å². The number of nitrogens with zero attached hydrogens (tertiary/aromatic N) is 2. The Kier molecular flexibility index (Phi) is 8.61. The molecule has 0 aliphatic carbocycles. The molecule has 1 aromatic heterocycles. The summed E-state index contributed by atoms with van der Waals surface area (Å²) in [7, 11) is -2.78. The fourth-order valence-corrected chi connectivity index (χ4v) is 5.63. The van der Waals surface area contributed by atoms with Crippen LogP contribution in [0.2, 0.25) is 0 Å². The molecule has 202 valence electrons. The fourth-order valence-electron chi connectivity index (χ4n) is 4.43. The molecule has 0 spiro atoms. The number of methoxy groups -OCH3 is 1. The van der Waals surface area contributed by atoms with E-state index in [0.29, 0.717) is 35.3 Å². The number of aryl methyl sites for hydroxylation is 2. The van der Waals surface area contributed by atoms with Crippen LogP contribution in [0, 0.1) is 6.92 Å². The SMILES string of the molecule is CCCCn1nc(C)c(C(=O)OC)c1Cc1ccc(-c2ccccc2S(=O)(=O)NC(=O)c2ccccc2)cc1. The van der Waals surface area contributed by atoms with Crippen molar-refractivity contribution in [1.82, 2.24) is 14.5 Å². The summed E-state index contributed by atoms with van der Waals surface area (Å²) < 4.78 is 35.4. The van der Waals surface area contributed by atoms with Crippen molar-refractivity contribution in [3.8, 4) is 11.1 Å². The molecule has 1 amide bonds. The summed E-state index contributed by atoms with van der Waals surface area (Å²) in [5.41, 5.74) is 4.21. The first kappa shape index (κ1) is 27.8. The number of aromatic nitrogens is 2. The second kappa shape index (κ2) is 12.1. The zero-order valence-corrected chi connectivity index (χ0v) is 23.0. The maximum absolute atomic E-state index is 13.2. The Balaban J connectivity index is 1.62. The van der Waals surface area contributed by atoms with Gasteiger partial charge >= 0.3 is 5.97 Å². The van der Waals surface area contributed by atoms with Crippen LogP contribution >= 0.6 is 0 Å². The topological polar surface area (TPSA) is 107 Å². The molecule has 1 N–H and O–H groups in total. The molecular weight excluding hydrogens is 514 g/mol. The highest BCUT2D eigenvalue weighted by Crippen LogP contribution is 2.29. The van der Waals surface area contributed by atoms with Gasteiger partial charge in [0, 0.05) is 24.1 Å². The minimum Gasteiger partial charge on any atom is -0.465 e. The van der Waals surface area contributed by atoms with Crippen LogP contribution in [0.5, 0.6) is 0 Å². The number of unbranched alkanes of at least 4 members (excludes halogenated alkanes) is 1. The van der Waals surface area contributed by atoms with Gasteiger partial charge in [-0.1, -0.05) is 74.0 Å². The largest absolute Gasteiger partial charge is 0.465 e. The Labute approximate surface area is 228 Å². The van der Waals surface area contributed by atoms with Crippen LogP contribution < -0.4 is 4.72 Å². The smallest absolute Gasteiger partial charge is 0.341 e. The Bertz CT molecular complexity index is 1580. The van der Waals surface area contributed by atoms with E-state index >= 15 is 0 Å². The third-order valence-electron chi connectivity index (χ3n) is 6.42. The van der Waals surface area contributed by atoms with Gasteiger partial charge < -0.3 is 4.74 Å². The molecule has 0 saturated heterocycles. The van der Waals surface area contributed by atoms with Crippen molar-refractivity contribution in [3.63, 3.8) is 0 Å². The van der Waals surface area contributed by atoms with E-state index in [-0.39, 0.29) is 10.5 Å². The third-order valence-corrected chi connectivity index (χ3v) is 7.81. The standard InChI is InChI=1S/C30H31N3O5S/c1-4-5-19-33-26(28(21(2)31-33)30(35)38-3)20-22-15-17-23(18-16-22)25-13-9-10-14-27(25)39(36,37)32-29(34)24-11-7-6-8-12-24/h6-18H,4-5,19-20H2,1-3H3,(H,32,34). The minimum atomic E-state index is -4.14. The molecule has 0 fully saturated rings. The molecular formula is C30H31N3O5S. The Hall–Kier alpha value is -4.24. The van der Waals surface area contributed by atoms with E-state index in [2.05, 4.69) is 16.7 Å². The van der Waals surface area contributed by atoms with Crippen molar-refractivity contribution in [1.29, 1.82) is 0 Å². The number of benzene rings is 3. The lowest BCUT2D eigenvalue weighted by molar-refractivity contribution is 0.0598. The summed E-state index contributed by atoms with van der Waals surface area (Å²) in [5.74, 6) is -1.12. The first-order valence-corrected chi connectivity index (χ1v) is 14.2. The number of nitrogens with one attached hydrogen (secondary N) is 1. The van der Waals surface area contributed by atoms with Crippen molar-refractivity contribution >= 4 is 21.9 Å². The van der Waals surface area contributed by atoms with Crippen LogP contribution in [-0.4, -0.2) is 37.2 Å². The van der Waals surface area contributed by atoms with Crippen LogP contribution in [0.25, 0.3) is 11.1 Å². The fraction of sp³-hybridized carbons (Fsp3) is 0.233. The molecule has 3 aromatic carbocycles. The average Bonchev–Trinajstić information content (AvgIpc) is 3.26. The second-order valence-electron chi connectivity index (χ2n) is 9.15. The number of hydrogen-bond donors (Lipinski definition) is 1. The van der Waals surface area contributed by atoms with Gasteiger partial charge in [0.2, 0.25) is 0 Å². The zero-order valence-electron chi connectivity index (χ0n) is 22.2. The van der Waals surface area contributed by atoms with Crippen molar-refractivity contribution in [2.24, 2.45) is 0 Å². The number of rotatable bonds is 10. The molecule has 9 heteroatoms. The second-order valence-corrected chi connectivity index (χ2v) is 10.8. The lowest BCUT2D eigenvalue weighted by atomic mass is 10.0. The molecule has 0 aliphatic heterocycles. The van der Waals surface area contributed by atoms with Crippen molar-refractivity contribution in [2.75, 3.05) is 7.11 Å². The quantitative estimate of drug-likeness (QED) is 0.276. The molecule has 4 rings (SSSR count). The minimum absolute atomic E-state index is 0.00303. The summed E-state index contributed by atoms with van der Waals surface area (Å²) in [6.07, 6.45) is 2.39. The monoisotopic (exact) mass is 545 g/mol. The van der Waals surface area contributed by atoms with E-state index < -0.39 is 21.9 Å². The van der Waals surface area contributed by atoms with Crippen molar-refractivity contribution < 1.29 is 22.7 Å². The zero-order chi connectivity index (χ0) is 28.0. The number of carbonyl (C=O) groups is 2. The molecule has 8 nitrogen and oxygen atoms in total. The van der Waals surface area contributed by atoms with Crippen LogP contribution in [0.4, 0.5) is 0 Å². The van der Waals surface area contributed by atoms with Crippen LogP contribution in [0.15, 0.2) is 83.8 Å². The predicted octanol–water partition coefficient (Wildman–Crippen LogP) is 5.15. The lowest BCUT2D eigenvalue weighted by Crippen LogP contribution is -2.30. The van der Waals surface area contributed by atoms with Crippen molar-refractivity contribution in [2.45, 2.75) is 44.6 Å². The molecule has 39 heavy (non-hydrogen) atoms. The number of amides is 1. The van der Waals surface area contributed by atoms with Gasteiger partial charge in [-0.15, -0.1) is 0 Å². The molecule has 0 atom stereocenters. The van der Waals surface area contributed by atoms with Gasteiger partial charge in [0.05, 0.1) is 23.4 Å². The summed E-state index contributed by atoms with van der Waals surface area (Å²) in [6, 6.07) is 22.2. The third kappa shape index (κ3) is 6.26. The Morgan fingerprint density at radius 3 is 2.28 bits per heavy atom. The van der Waals surface area contributed by atoms with Gasteiger partial charge in [-0.3, -0.25) is 9.48 Å². The number of sulfonamides is 1. The van der Waals surface area contributed by atoms with E-state index in [9.17, 15) is 18.0 Å². The number of carbonyl (C=O) groups excluding carboxylic acids is 2. The first-order valence-electron chi connectivity index (χ1n) is 12.7. The van der Waals surface area contributed by atoms with E-state index in [1.54, 1.807) is 55.5 Å². The Morgan fingerprint density at radius 1 is 0.949 bits per heavy atom. The average molecular weight is 546 g/mol. The molecule has 0 aliphatic rings. The maximum atomic E-state index is 13.2. The summed E-state index contributed by atoms with van der Waals surface area (Å²) in [6.45, 7) is 4.60. The van der Waals surface area contributed by atoms with Gasteiger partial charge in [0.15, 0.2) is 0 Å². The van der Waals surface area contributed by atoms with E-state index in [4.69, 9.17) is 4.74 Å². The van der Waals surface area contributed by atoms with E-state index in [1.165, 1.54) is 13.2 Å². The summed E-state index contributed by atoms with van der Waals surface area (Å²) in [4.78, 5) is 25.1. The molecule has 0 saturated carbocycles. The maximum Gasteiger partial charge on any atom is 0.341 e. The molecule has 1 heterocycles. The summed E-state index contributed by atoms with van der Waals surface area (Å²) >= 11 is 0. The summed E-state index contributed by atoms with van der Waals surface area (Å²) in [5, 5.41) is 4.58. The number of esters is 1.